The first-order valence-corrected chi connectivity index (χ1v) is 14.5. The predicted octanol–water partition coefficient (Wildman–Crippen LogP) is -3.02. The highest BCUT2D eigenvalue weighted by Gasteiger charge is 2.32. The Morgan fingerprint density at radius 3 is 2.20 bits per heavy atom. The van der Waals surface area contributed by atoms with Crippen molar-refractivity contribution in [3.63, 3.8) is 0 Å². The number of rotatable bonds is 15. The van der Waals surface area contributed by atoms with Crippen molar-refractivity contribution in [1.82, 2.24) is 31.2 Å². The van der Waals surface area contributed by atoms with Gasteiger partial charge in [-0.05, 0) is 31.9 Å². The van der Waals surface area contributed by atoms with Crippen molar-refractivity contribution in [2.75, 3.05) is 19.7 Å². The van der Waals surface area contributed by atoms with Gasteiger partial charge >= 0.3 is 5.97 Å². The number of aliphatic hydroxyl groups is 2. The number of para-hydroxylation sites is 1. The zero-order valence-corrected chi connectivity index (χ0v) is 25.4. The lowest BCUT2D eigenvalue weighted by atomic mass is 10.0. The minimum absolute atomic E-state index is 0.0342. The number of benzene rings is 1. The molecule has 250 valence electrons. The number of aromatic amines is 1. The van der Waals surface area contributed by atoms with Gasteiger partial charge in [0.15, 0.2) is 5.96 Å². The number of aliphatic hydroxyl groups excluding tert-OH is 2. The molecule has 13 N–H and O–H groups in total. The van der Waals surface area contributed by atoms with Gasteiger partial charge in [-0.25, -0.2) is 4.79 Å². The summed E-state index contributed by atoms with van der Waals surface area (Å²) in [6.07, 6.45) is 2.06. The molecule has 46 heavy (non-hydrogen) atoms. The van der Waals surface area contributed by atoms with Crippen molar-refractivity contribution in [1.29, 1.82) is 5.41 Å². The fourth-order valence-corrected chi connectivity index (χ4v) is 4.77. The zero-order valence-electron chi connectivity index (χ0n) is 25.4. The maximum absolute atomic E-state index is 13.3. The highest BCUT2D eigenvalue weighted by Crippen LogP contribution is 2.19. The smallest absolute Gasteiger partial charge is 0.326 e. The molecule has 1 aromatic heterocycles. The Balaban J connectivity index is 1.64. The lowest BCUT2D eigenvalue weighted by Gasteiger charge is -2.25. The van der Waals surface area contributed by atoms with Crippen LogP contribution in [0.1, 0.15) is 25.8 Å². The van der Waals surface area contributed by atoms with Crippen LogP contribution in [0.25, 0.3) is 10.9 Å². The molecule has 0 fully saturated rings. The van der Waals surface area contributed by atoms with E-state index in [1.807, 2.05) is 18.2 Å². The Bertz CT molecular complexity index is 1490. The summed E-state index contributed by atoms with van der Waals surface area (Å²) in [4.78, 5) is 68.2. The van der Waals surface area contributed by atoms with Gasteiger partial charge in [0.2, 0.25) is 23.6 Å². The summed E-state index contributed by atoms with van der Waals surface area (Å²) in [5.74, 6) is -4.95. The van der Waals surface area contributed by atoms with Gasteiger partial charge in [0.05, 0.1) is 12.7 Å². The van der Waals surface area contributed by atoms with Crippen LogP contribution in [0.2, 0.25) is 0 Å². The number of hydrogen-bond donors (Lipinski definition) is 11. The number of aliphatic carboxylic acids is 1. The molecule has 3 rings (SSSR count). The molecule has 0 saturated carbocycles. The number of carbonyl (C=O) groups excluding carboxylic acids is 4. The third-order valence-electron chi connectivity index (χ3n) is 7.54. The monoisotopic (exact) mass is 643 g/mol. The predicted molar refractivity (Wildman–Crippen MR) is 166 cm³/mol. The Morgan fingerprint density at radius 1 is 0.957 bits per heavy atom. The molecule has 0 bridgehead atoms. The summed E-state index contributed by atoms with van der Waals surface area (Å²) >= 11 is 0. The second-order valence-electron chi connectivity index (χ2n) is 11.1. The number of H-pyrrole nitrogens is 1. The van der Waals surface area contributed by atoms with Gasteiger partial charge in [-0.1, -0.05) is 29.8 Å². The van der Waals surface area contributed by atoms with Crippen LogP contribution in [0.4, 0.5) is 0 Å². The van der Waals surface area contributed by atoms with Crippen molar-refractivity contribution in [3.8, 4) is 0 Å². The third-order valence-corrected chi connectivity index (χ3v) is 7.54. The number of carbonyl (C=O) groups is 5. The first kappa shape index (κ1) is 35.5. The van der Waals surface area contributed by atoms with E-state index >= 15 is 0 Å². The van der Waals surface area contributed by atoms with Crippen molar-refractivity contribution in [2.24, 2.45) is 11.5 Å². The molecule has 2 aromatic rings. The number of aromatic nitrogens is 1. The van der Waals surface area contributed by atoms with Crippen LogP contribution in [0.5, 0.6) is 0 Å². The molecule has 1 aliphatic heterocycles. The van der Waals surface area contributed by atoms with E-state index in [0.717, 1.165) is 10.9 Å². The molecule has 17 nitrogen and oxygen atoms in total. The van der Waals surface area contributed by atoms with Gasteiger partial charge in [-0.2, -0.15) is 0 Å². The van der Waals surface area contributed by atoms with E-state index in [0.29, 0.717) is 17.7 Å². The molecule has 0 aliphatic carbocycles. The number of guanidine groups is 1. The molecular formula is C29H41N9O8. The van der Waals surface area contributed by atoms with Crippen molar-refractivity contribution >= 4 is 46.5 Å². The molecule has 4 amide bonds. The summed E-state index contributed by atoms with van der Waals surface area (Å²) in [5, 5.41) is 47.3. The lowest BCUT2D eigenvalue weighted by Crippen LogP contribution is -2.59. The Hall–Kier alpha value is -5.00. The van der Waals surface area contributed by atoms with Gasteiger partial charge in [0.25, 0.3) is 0 Å². The van der Waals surface area contributed by atoms with Gasteiger partial charge in [0.1, 0.15) is 30.2 Å². The number of nitrogens with two attached hydrogens (primary N) is 2. The van der Waals surface area contributed by atoms with Gasteiger partial charge < -0.3 is 57.9 Å². The number of hydrogen-bond acceptors (Lipinski definition) is 9. The van der Waals surface area contributed by atoms with Gasteiger partial charge in [-0.3, -0.25) is 24.6 Å². The largest absolute Gasteiger partial charge is 0.480 e. The quantitative estimate of drug-likeness (QED) is 0.0527. The van der Waals surface area contributed by atoms with Crippen molar-refractivity contribution in [2.45, 2.75) is 63.0 Å². The Morgan fingerprint density at radius 2 is 1.59 bits per heavy atom. The minimum atomic E-state index is -1.56. The first-order valence-electron chi connectivity index (χ1n) is 14.5. The molecular weight excluding hydrogens is 602 g/mol. The van der Waals surface area contributed by atoms with Crippen molar-refractivity contribution in [3.05, 3.63) is 47.7 Å². The van der Waals surface area contributed by atoms with Crippen LogP contribution >= 0.6 is 0 Å². The molecule has 1 aromatic carbocycles. The number of amides is 4. The summed E-state index contributed by atoms with van der Waals surface area (Å²) in [6.45, 7) is 2.26. The fourth-order valence-electron chi connectivity index (χ4n) is 4.77. The number of carboxylic acids is 1. The molecule has 6 atom stereocenters. The normalized spacial score (nSPS) is 16.7. The fraction of sp³-hybridized carbons (Fsp3) is 0.448. The van der Waals surface area contributed by atoms with E-state index in [1.165, 1.54) is 18.7 Å². The van der Waals surface area contributed by atoms with Crippen LogP contribution in [0, 0.1) is 5.41 Å². The maximum Gasteiger partial charge on any atom is 0.326 e. The Kier molecular flexibility index (Phi) is 12.2. The van der Waals surface area contributed by atoms with E-state index in [9.17, 15) is 39.3 Å². The van der Waals surface area contributed by atoms with Gasteiger partial charge in [-0.15, -0.1) is 0 Å². The summed E-state index contributed by atoms with van der Waals surface area (Å²) in [6, 6.07) is 0.488. The average molecular weight is 644 g/mol. The number of nitrogens with one attached hydrogen (secondary N) is 6. The SMILES string of the molecule is CC(O)C(N)C(=O)NC(CC1=CCN(C(=N)N)C1)C(=O)NC(CO)C(=O)N[C@@H](C)C(=O)NC(Cc1c[nH]c2ccccc12)C(=O)O. The minimum Gasteiger partial charge on any atom is -0.480 e. The summed E-state index contributed by atoms with van der Waals surface area (Å²) < 4.78 is 0. The van der Waals surface area contributed by atoms with Crippen LogP contribution in [0.3, 0.4) is 0 Å². The van der Waals surface area contributed by atoms with Crippen LogP contribution in [-0.2, 0) is 30.4 Å². The second-order valence-corrected chi connectivity index (χ2v) is 11.1. The standard InChI is InChI=1S/C29H41N9O8/c1-14(24(41)36-21(28(45)46)10-17-11-33-19-6-4-3-5-18(17)19)34-26(43)22(13-39)37-25(42)20(35-27(44)23(30)15(2)40)9-16-7-8-38(12-16)29(31)32/h3-7,11,14-15,20-23,33,39-40H,8-10,12-13,30H2,1-2H3,(H3,31,32)(H,34,43)(H,35,44)(H,36,41)(H,37,42)(H,45,46)/t14-,15?,20?,21?,22?,23?/m0/s1. The maximum atomic E-state index is 13.3. The zero-order chi connectivity index (χ0) is 34.1. The van der Waals surface area contributed by atoms with Crippen molar-refractivity contribution < 1.29 is 39.3 Å². The third kappa shape index (κ3) is 9.26. The number of nitrogens with zero attached hydrogens (tertiary/aromatic N) is 1. The lowest BCUT2D eigenvalue weighted by molar-refractivity contribution is -0.142. The topological polar surface area (TPSA) is 289 Å². The first-order chi connectivity index (χ1) is 21.7. The summed E-state index contributed by atoms with van der Waals surface area (Å²) in [7, 11) is 0. The molecule has 2 heterocycles. The molecule has 17 heteroatoms. The van der Waals surface area contributed by atoms with Crippen LogP contribution < -0.4 is 32.7 Å². The molecule has 5 unspecified atom stereocenters. The van der Waals surface area contributed by atoms with Crippen LogP contribution in [0.15, 0.2) is 42.1 Å². The highest BCUT2D eigenvalue weighted by molar-refractivity contribution is 5.95. The molecule has 0 spiro atoms. The van der Waals surface area contributed by atoms with E-state index in [1.54, 1.807) is 18.3 Å². The Labute approximate surface area is 264 Å². The molecule has 0 radical (unpaired) electrons. The second kappa shape index (κ2) is 15.8. The average Bonchev–Trinajstić information content (AvgIpc) is 3.65. The summed E-state index contributed by atoms with van der Waals surface area (Å²) in [5.41, 5.74) is 13.4. The molecule has 1 aliphatic rings. The number of carboxylic acid groups (broad SMARTS) is 1. The molecule has 0 saturated heterocycles. The van der Waals surface area contributed by atoms with Gasteiger partial charge in [0, 0.05) is 36.6 Å². The van der Waals surface area contributed by atoms with E-state index in [4.69, 9.17) is 16.9 Å². The van der Waals surface area contributed by atoms with E-state index in [2.05, 4.69) is 26.3 Å². The highest BCUT2D eigenvalue weighted by atomic mass is 16.4. The van der Waals surface area contributed by atoms with E-state index < -0.39 is 72.5 Å². The van der Waals surface area contributed by atoms with E-state index in [-0.39, 0.29) is 25.3 Å². The number of fused-ring (bicyclic) bond motifs is 1. The van der Waals surface area contributed by atoms with Crippen LogP contribution in [-0.4, -0.2) is 117 Å².